The van der Waals surface area contributed by atoms with Gasteiger partial charge in [0, 0.05) is 18.1 Å². The highest BCUT2D eigenvalue weighted by atomic mass is 32.2. The standard InChI is InChI=1S/C7H10N2S2/c1-6-4-8-7(9-5-6)11-3-2-10/h4-5,10H,2-3H2,1H3. The van der Waals surface area contributed by atoms with Crippen molar-refractivity contribution in [3.05, 3.63) is 18.0 Å². The summed E-state index contributed by atoms with van der Waals surface area (Å²) in [5.41, 5.74) is 1.10. The molecule has 0 fully saturated rings. The molecule has 0 saturated heterocycles. The minimum absolute atomic E-state index is 0.838. The second-order valence-electron chi connectivity index (χ2n) is 2.12. The predicted molar refractivity (Wildman–Crippen MR) is 51.3 cm³/mol. The molecule has 0 aromatic carbocycles. The van der Waals surface area contributed by atoms with Crippen molar-refractivity contribution in [2.24, 2.45) is 0 Å². The van der Waals surface area contributed by atoms with Gasteiger partial charge >= 0.3 is 0 Å². The molecule has 0 unspecified atom stereocenters. The minimum Gasteiger partial charge on any atom is -0.231 e. The molecule has 1 aromatic rings. The number of thioether (sulfide) groups is 1. The Kier molecular flexibility index (Phi) is 3.72. The molecule has 4 heteroatoms. The lowest BCUT2D eigenvalue weighted by atomic mass is 10.4. The monoisotopic (exact) mass is 186 g/mol. The Labute approximate surface area is 76.2 Å². The first-order valence-electron chi connectivity index (χ1n) is 3.35. The highest BCUT2D eigenvalue weighted by Gasteiger charge is 1.93. The fourth-order valence-corrected chi connectivity index (χ4v) is 1.39. The third kappa shape index (κ3) is 3.12. The van der Waals surface area contributed by atoms with Gasteiger partial charge in [-0.2, -0.15) is 12.6 Å². The number of hydrogen-bond acceptors (Lipinski definition) is 4. The van der Waals surface area contributed by atoms with E-state index in [-0.39, 0.29) is 0 Å². The summed E-state index contributed by atoms with van der Waals surface area (Å²) in [7, 11) is 0. The van der Waals surface area contributed by atoms with Crippen LogP contribution in [0.25, 0.3) is 0 Å². The van der Waals surface area contributed by atoms with Crippen LogP contribution in [0.3, 0.4) is 0 Å². The van der Waals surface area contributed by atoms with Gasteiger partial charge in [0.1, 0.15) is 0 Å². The first-order chi connectivity index (χ1) is 5.33. The molecule has 1 rings (SSSR count). The quantitative estimate of drug-likeness (QED) is 0.443. The average Bonchev–Trinajstić information content (AvgIpc) is 2.04. The predicted octanol–water partition coefficient (Wildman–Crippen LogP) is 1.81. The van der Waals surface area contributed by atoms with Gasteiger partial charge in [0.05, 0.1) is 0 Å². The Morgan fingerprint density at radius 1 is 1.45 bits per heavy atom. The van der Waals surface area contributed by atoms with Crippen LogP contribution in [0.4, 0.5) is 0 Å². The first-order valence-corrected chi connectivity index (χ1v) is 4.97. The summed E-state index contributed by atoms with van der Waals surface area (Å²) in [6.45, 7) is 1.98. The SMILES string of the molecule is Cc1cnc(SCCS)nc1. The van der Waals surface area contributed by atoms with Gasteiger partial charge in [-0.15, -0.1) is 0 Å². The van der Waals surface area contributed by atoms with Gasteiger partial charge in [-0.3, -0.25) is 0 Å². The molecule has 11 heavy (non-hydrogen) atoms. The van der Waals surface area contributed by atoms with Crippen molar-refractivity contribution in [2.75, 3.05) is 11.5 Å². The molecule has 0 aliphatic rings. The molecule has 0 aliphatic heterocycles. The van der Waals surface area contributed by atoms with Crippen LogP contribution >= 0.6 is 24.4 Å². The van der Waals surface area contributed by atoms with Gasteiger partial charge < -0.3 is 0 Å². The molecule has 0 spiro atoms. The van der Waals surface area contributed by atoms with Crippen LogP contribution in [0.5, 0.6) is 0 Å². The Bertz CT molecular complexity index is 210. The van der Waals surface area contributed by atoms with Gasteiger partial charge in [-0.05, 0) is 18.2 Å². The summed E-state index contributed by atoms with van der Waals surface area (Å²) in [6.07, 6.45) is 3.65. The van der Waals surface area contributed by atoms with E-state index in [1.54, 1.807) is 11.8 Å². The van der Waals surface area contributed by atoms with E-state index >= 15 is 0 Å². The van der Waals surface area contributed by atoms with Gasteiger partial charge in [-0.1, -0.05) is 11.8 Å². The van der Waals surface area contributed by atoms with Crippen molar-refractivity contribution < 1.29 is 0 Å². The number of hydrogen-bond donors (Lipinski definition) is 1. The third-order valence-corrected chi connectivity index (χ3v) is 2.48. The molecule has 0 N–H and O–H groups in total. The van der Waals surface area contributed by atoms with Crippen LogP contribution < -0.4 is 0 Å². The highest BCUT2D eigenvalue weighted by Crippen LogP contribution is 2.11. The maximum absolute atomic E-state index is 4.13. The second kappa shape index (κ2) is 4.62. The molecule has 0 saturated carbocycles. The first kappa shape index (κ1) is 8.87. The van der Waals surface area contributed by atoms with Gasteiger partial charge in [0.2, 0.25) is 0 Å². The van der Waals surface area contributed by atoms with Crippen molar-refractivity contribution in [2.45, 2.75) is 12.1 Å². The number of aromatic nitrogens is 2. The van der Waals surface area contributed by atoms with E-state index in [9.17, 15) is 0 Å². The summed E-state index contributed by atoms with van der Waals surface area (Å²) >= 11 is 5.73. The lowest BCUT2D eigenvalue weighted by molar-refractivity contribution is 0.951. The number of rotatable bonds is 3. The molecule has 2 nitrogen and oxygen atoms in total. The topological polar surface area (TPSA) is 25.8 Å². The Morgan fingerprint density at radius 2 is 2.09 bits per heavy atom. The Balaban J connectivity index is 2.52. The molecule has 0 amide bonds. The van der Waals surface area contributed by atoms with Crippen molar-refractivity contribution >= 4 is 24.4 Å². The van der Waals surface area contributed by atoms with Crippen LogP contribution in [0.15, 0.2) is 17.6 Å². The lowest BCUT2D eigenvalue weighted by Gasteiger charge is -1.96. The Morgan fingerprint density at radius 3 is 2.64 bits per heavy atom. The third-order valence-electron chi connectivity index (χ3n) is 1.08. The summed E-state index contributed by atoms with van der Waals surface area (Å²) in [6, 6.07) is 0. The van der Waals surface area contributed by atoms with Crippen molar-refractivity contribution in [3.8, 4) is 0 Å². The molecule has 60 valence electrons. The maximum Gasteiger partial charge on any atom is 0.187 e. The summed E-state index contributed by atoms with van der Waals surface area (Å²) in [4.78, 5) is 8.27. The molecule has 1 aromatic heterocycles. The molecule has 0 aliphatic carbocycles. The smallest absolute Gasteiger partial charge is 0.187 e. The van der Waals surface area contributed by atoms with Gasteiger partial charge in [0.15, 0.2) is 5.16 Å². The molecule has 1 heterocycles. The highest BCUT2D eigenvalue weighted by molar-refractivity contribution is 7.99. The Hall–Kier alpha value is -0.220. The van der Waals surface area contributed by atoms with Crippen LogP contribution in [0.1, 0.15) is 5.56 Å². The summed E-state index contributed by atoms with van der Waals surface area (Å²) in [5.74, 6) is 1.83. The molecular formula is C7H10N2S2. The van der Waals surface area contributed by atoms with Crippen LogP contribution in [-0.2, 0) is 0 Å². The van der Waals surface area contributed by atoms with E-state index in [2.05, 4.69) is 22.6 Å². The largest absolute Gasteiger partial charge is 0.231 e. The van der Waals surface area contributed by atoms with E-state index in [0.29, 0.717) is 0 Å². The zero-order valence-corrected chi connectivity index (χ0v) is 8.03. The van der Waals surface area contributed by atoms with Crippen LogP contribution in [-0.4, -0.2) is 21.5 Å². The van der Waals surface area contributed by atoms with E-state index in [1.807, 2.05) is 19.3 Å². The normalized spacial score (nSPS) is 10.0. The van der Waals surface area contributed by atoms with Crippen molar-refractivity contribution in [1.29, 1.82) is 0 Å². The van der Waals surface area contributed by atoms with Gasteiger partial charge in [0.25, 0.3) is 0 Å². The van der Waals surface area contributed by atoms with Crippen molar-refractivity contribution in [3.63, 3.8) is 0 Å². The van der Waals surface area contributed by atoms with Crippen LogP contribution in [0, 0.1) is 6.92 Å². The zero-order chi connectivity index (χ0) is 8.10. The van der Waals surface area contributed by atoms with Gasteiger partial charge in [-0.25, -0.2) is 9.97 Å². The number of nitrogens with zero attached hydrogens (tertiary/aromatic N) is 2. The number of aryl methyl sites for hydroxylation is 1. The van der Waals surface area contributed by atoms with Crippen molar-refractivity contribution in [1.82, 2.24) is 9.97 Å². The molecule has 0 radical (unpaired) electrons. The fraction of sp³-hybridized carbons (Fsp3) is 0.429. The summed E-state index contributed by atoms with van der Waals surface area (Å²) < 4.78 is 0. The molecule has 0 atom stereocenters. The minimum atomic E-state index is 0.838. The molecular weight excluding hydrogens is 176 g/mol. The second-order valence-corrected chi connectivity index (χ2v) is 3.62. The van der Waals surface area contributed by atoms with E-state index in [0.717, 1.165) is 22.2 Å². The summed E-state index contributed by atoms with van der Waals surface area (Å²) in [5, 5.41) is 0.838. The number of thiol groups is 1. The zero-order valence-electron chi connectivity index (χ0n) is 6.32. The molecule has 0 bridgehead atoms. The van der Waals surface area contributed by atoms with E-state index < -0.39 is 0 Å². The lowest BCUT2D eigenvalue weighted by Crippen LogP contribution is -1.88. The van der Waals surface area contributed by atoms with E-state index in [4.69, 9.17) is 0 Å². The fourth-order valence-electron chi connectivity index (χ4n) is 0.592. The maximum atomic E-state index is 4.13. The van der Waals surface area contributed by atoms with E-state index in [1.165, 1.54) is 0 Å². The van der Waals surface area contributed by atoms with Crippen LogP contribution in [0.2, 0.25) is 0 Å². The average molecular weight is 186 g/mol.